The van der Waals surface area contributed by atoms with Gasteiger partial charge in [0.15, 0.2) is 0 Å². The average molecular weight is 492 g/mol. The molecule has 4 rings (SSSR count). The summed E-state index contributed by atoms with van der Waals surface area (Å²) in [6.07, 6.45) is 1.93. The van der Waals surface area contributed by atoms with Gasteiger partial charge in [0.1, 0.15) is 11.4 Å². The fourth-order valence-electron chi connectivity index (χ4n) is 5.16. The van der Waals surface area contributed by atoms with Crippen LogP contribution in [0.15, 0.2) is 53.3 Å². The summed E-state index contributed by atoms with van der Waals surface area (Å²) in [6, 6.07) is 14.8. The number of hydrogen-bond acceptors (Lipinski definition) is 5. The quantitative estimate of drug-likeness (QED) is 0.353. The smallest absolute Gasteiger partial charge is 0.415 e. The lowest BCUT2D eigenvalue weighted by Crippen LogP contribution is -2.49. The second kappa shape index (κ2) is 9.97. The Morgan fingerprint density at radius 2 is 1.81 bits per heavy atom. The minimum atomic E-state index is -0.565. The molecule has 1 atom stereocenters. The zero-order valence-electron chi connectivity index (χ0n) is 21.9. The average Bonchev–Trinajstić information content (AvgIpc) is 2.87. The first-order valence-electron chi connectivity index (χ1n) is 12.8. The van der Waals surface area contributed by atoms with Crippen molar-refractivity contribution in [3.05, 3.63) is 70.0 Å². The molecular formula is C29H37N3O4. The molecule has 0 saturated heterocycles. The Balaban J connectivity index is 1.46. The number of carbonyl (C=O) groups is 1. The van der Waals surface area contributed by atoms with E-state index in [0.717, 1.165) is 41.5 Å². The molecular weight excluding hydrogens is 454 g/mol. The van der Waals surface area contributed by atoms with E-state index >= 15 is 0 Å². The van der Waals surface area contributed by atoms with E-state index in [1.54, 1.807) is 17.0 Å². The van der Waals surface area contributed by atoms with E-state index in [9.17, 15) is 14.7 Å². The second-order valence-corrected chi connectivity index (χ2v) is 10.4. The molecule has 0 fully saturated rings. The van der Waals surface area contributed by atoms with E-state index in [2.05, 4.69) is 51.0 Å². The minimum Gasteiger partial charge on any atom is -0.506 e. The fourth-order valence-corrected chi connectivity index (χ4v) is 5.16. The molecule has 7 heteroatoms. The van der Waals surface area contributed by atoms with Crippen LogP contribution in [0.25, 0.3) is 10.9 Å². The fraction of sp³-hybridized carbons (Fsp3) is 0.448. The van der Waals surface area contributed by atoms with Crippen molar-refractivity contribution in [2.45, 2.75) is 70.9 Å². The number of phenolic OH excluding ortho intramolecular Hbond substituents is 1. The molecule has 1 amide bonds. The molecule has 3 N–H and O–H groups in total. The van der Waals surface area contributed by atoms with Crippen LogP contribution < -0.4 is 15.8 Å². The van der Waals surface area contributed by atoms with Crippen molar-refractivity contribution in [1.29, 1.82) is 0 Å². The number of carbonyl (C=O) groups excluding carboxylic acids is 1. The summed E-state index contributed by atoms with van der Waals surface area (Å²) in [7, 11) is 0. The summed E-state index contributed by atoms with van der Waals surface area (Å²) in [5, 5.41) is 14.7. The van der Waals surface area contributed by atoms with Gasteiger partial charge in [-0.15, -0.1) is 0 Å². The van der Waals surface area contributed by atoms with Gasteiger partial charge in [-0.1, -0.05) is 45.0 Å². The molecule has 36 heavy (non-hydrogen) atoms. The lowest BCUT2D eigenvalue weighted by molar-refractivity contribution is -0.00131. The van der Waals surface area contributed by atoms with Crippen molar-refractivity contribution in [2.24, 2.45) is 0 Å². The summed E-state index contributed by atoms with van der Waals surface area (Å²) < 4.78 is 6.01. The predicted molar refractivity (Wildman–Crippen MR) is 144 cm³/mol. The molecule has 0 bridgehead atoms. The number of rotatable bonds is 9. The molecule has 3 aromatic rings. The molecule has 0 spiro atoms. The minimum absolute atomic E-state index is 0.0656. The van der Waals surface area contributed by atoms with Gasteiger partial charge in [0.2, 0.25) is 5.56 Å². The maximum absolute atomic E-state index is 13.1. The second-order valence-electron chi connectivity index (χ2n) is 10.4. The van der Waals surface area contributed by atoms with Crippen molar-refractivity contribution in [3.63, 3.8) is 0 Å². The zero-order valence-corrected chi connectivity index (χ0v) is 21.9. The lowest BCUT2D eigenvalue weighted by atomic mass is 9.85. The third kappa shape index (κ3) is 4.85. The van der Waals surface area contributed by atoms with Crippen LogP contribution in [0, 0.1) is 0 Å². The summed E-state index contributed by atoms with van der Waals surface area (Å²) in [6.45, 7) is 11.7. The van der Waals surface area contributed by atoms with E-state index in [1.807, 2.05) is 24.3 Å². The number of para-hydroxylation sites is 1. The highest BCUT2D eigenvalue weighted by Gasteiger charge is 2.42. The summed E-state index contributed by atoms with van der Waals surface area (Å²) in [5.74, 6) is 0.199. The van der Waals surface area contributed by atoms with Crippen molar-refractivity contribution in [1.82, 2.24) is 10.3 Å². The number of aromatic hydroxyl groups is 1. The van der Waals surface area contributed by atoms with Gasteiger partial charge in [-0.2, -0.15) is 0 Å². The summed E-state index contributed by atoms with van der Waals surface area (Å²) in [4.78, 5) is 29.3. The molecule has 1 aliphatic heterocycles. The van der Waals surface area contributed by atoms with Crippen LogP contribution in [0.1, 0.15) is 70.9 Å². The Bertz CT molecular complexity index is 1310. The van der Waals surface area contributed by atoms with Gasteiger partial charge in [-0.25, -0.2) is 4.79 Å². The van der Waals surface area contributed by atoms with Crippen LogP contribution in [0.4, 0.5) is 10.5 Å². The normalized spacial score (nSPS) is 16.0. The van der Waals surface area contributed by atoms with E-state index in [4.69, 9.17) is 4.74 Å². The van der Waals surface area contributed by atoms with E-state index in [-0.39, 0.29) is 28.9 Å². The molecule has 192 valence electrons. The summed E-state index contributed by atoms with van der Waals surface area (Å²) >= 11 is 0. The Hall–Kier alpha value is -3.32. The number of amides is 1. The number of benzene rings is 2. The van der Waals surface area contributed by atoms with Crippen LogP contribution in [0.3, 0.4) is 0 Å². The maximum Gasteiger partial charge on any atom is 0.415 e. The third-order valence-electron chi connectivity index (χ3n) is 7.62. The van der Waals surface area contributed by atoms with Crippen LogP contribution in [-0.4, -0.2) is 34.8 Å². The number of cyclic esters (lactones) is 1. The van der Waals surface area contributed by atoms with E-state index in [0.29, 0.717) is 18.6 Å². The van der Waals surface area contributed by atoms with Gasteiger partial charge in [-0.05, 0) is 62.8 Å². The van der Waals surface area contributed by atoms with Gasteiger partial charge >= 0.3 is 6.09 Å². The number of ether oxygens (including phenoxy) is 1. The van der Waals surface area contributed by atoms with Crippen LogP contribution in [0.2, 0.25) is 0 Å². The monoisotopic (exact) mass is 491 g/mol. The lowest BCUT2D eigenvalue weighted by Gasteiger charge is -2.42. The van der Waals surface area contributed by atoms with Crippen LogP contribution in [-0.2, 0) is 10.3 Å². The zero-order chi connectivity index (χ0) is 26.1. The number of hydrogen-bond donors (Lipinski definition) is 3. The number of fused-ring (bicyclic) bond motifs is 2. The molecule has 1 unspecified atom stereocenters. The van der Waals surface area contributed by atoms with Crippen LogP contribution in [0.5, 0.6) is 5.75 Å². The van der Waals surface area contributed by atoms with E-state index in [1.165, 1.54) is 6.07 Å². The number of H-pyrrole nitrogens is 1. The molecule has 0 saturated carbocycles. The molecule has 7 nitrogen and oxygen atoms in total. The molecule has 2 heterocycles. The molecule has 2 aromatic carbocycles. The topological polar surface area (TPSA) is 94.7 Å². The molecule has 0 radical (unpaired) electrons. The SMILES string of the molecule is CCC1(CC)OC(=O)N(CCC(C)(C)NCC(C)c2ccc(O)c3[nH]c(=O)ccc23)c2ccccc21. The Morgan fingerprint density at radius 3 is 2.53 bits per heavy atom. The van der Waals surface area contributed by atoms with Gasteiger partial charge in [-0.3, -0.25) is 9.69 Å². The number of nitrogens with one attached hydrogen (secondary N) is 2. The molecule has 0 aliphatic carbocycles. The van der Waals surface area contributed by atoms with Gasteiger partial charge in [0, 0.05) is 35.6 Å². The molecule has 1 aliphatic rings. The number of phenols is 1. The molecule has 1 aromatic heterocycles. The maximum atomic E-state index is 13.1. The van der Waals surface area contributed by atoms with Crippen molar-refractivity contribution < 1.29 is 14.6 Å². The van der Waals surface area contributed by atoms with E-state index < -0.39 is 5.60 Å². The number of anilines is 1. The first-order chi connectivity index (χ1) is 17.1. The van der Waals surface area contributed by atoms with Crippen molar-refractivity contribution in [3.8, 4) is 5.75 Å². The number of aromatic amines is 1. The Kier molecular flexibility index (Phi) is 7.14. The highest BCUT2D eigenvalue weighted by atomic mass is 16.6. The number of aromatic nitrogens is 1. The first-order valence-corrected chi connectivity index (χ1v) is 12.8. The Labute approximate surface area is 212 Å². The number of pyridine rings is 1. The number of nitrogens with zero attached hydrogens (tertiary/aromatic N) is 1. The van der Waals surface area contributed by atoms with Gasteiger partial charge in [0.25, 0.3) is 0 Å². The van der Waals surface area contributed by atoms with Crippen molar-refractivity contribution in [2.75, 3.05) is 18.0 Å². The third-order valence-corrected chi connectivity index (χ3v) is 7.62. The predicted octanol–water partition coefficient (Wildman–Crippen LogP) is 5.77. The van der Waals surface area contributed by atoms with Crippen molar-refractivity contribution >= 4 is 22.7 Å². The van der Waals surface area contributed by atoms with Gasteiger partial charge < -0.3 is 20.1 Å². The summed E-state index contributed by atoms with van der Waals surface area (Å²) in [5.41, 5.74) is 2.47. The van der Waals surface area contributed by atoms with Gasteiger partial charge in [0.05, 0.1) is 11.2 Å². The standard InChI is InChI=1S/C29H37N3O4/c1-6-29(7-2)22-10-8-9-11-23(22)32(27(35)36-29)17-16-28(4,5)30-18-19(3)20-12-14-24(33)26-21(20)13-15-25(34)31-26/h8-15,19,30,33H,6-7,16-18H2,1-5H3,(H,31,34). The highest BCUT2D eigenvalue weighted by molar-refractivity contribution is 5.91. The first kappa shape index (κ1) is 25.8. The largest absolute Gasteiger partial charge is 0.506 e. The highest BCUT2D eigenvalue weighted by Crippen LogP contribution is 2.43. The Morgan fingerprint density at radius 1 is 1.08 bits per heavy atom. The van der Waals surface area contributed by atoms with Crippen LogP contribution >= 0.6 is 0 Å².